The highest BCUT2D eigenvalue weighted by Gasteiger charge is 2.10. The molecule has 4 nitrogen and oxygen atoms in total. The molecule has 2 aromatic carbocycles. The largest absolute Gasteiger partial charge is 0.497 e. The average Bonchev–Trinajstić information content (AvgIpc) is 2.48. The van der Waals surface area contributed by atoms with Gasteiger partial charge in [0.15, 0.2) is 5.84 Å². The summed E-state index contributed by atoms with van der Waals surface area (Å²) >= 11 is 7.43. The topological polar surface area (TPSA) is 67.8 Å². The second-order valence-electron chi connectivity index (χ2n) is 3.91. The van der Waals surface area contributed by atoms with E-state index in [9.17, 15) is 0 Å². The first kappa shape index (κ1) is 14.6. The number of rotatable bonds is 4. The molecule has 0 saturated carbocycles. The van der Waals surface area contributed by atoms with Gasteiger partial charge in [0.25, 0.3) is 0 Å². The minimum Gasteiger partial charge on any atom is -0.497 e. The molecule has 0 unspecified atom stereocenters. The Labute approximate surface area is 126 Å². The normalized spacial score (nSPS) is 11.4. The van der Waals surface area contributed by atoms with Crippen molar-refractivity contribution >= 4 is 29.2 Å². The van der Waals surface area contributed by atoms with Crippen LogP contribution in [-0.4, -0.2) is 18.2 Å². The van der Waals surface area contributed by atoms with Gasteiger partial charge in [-0.25, -0.2) is 0 Å². The summed E-state index contributed by atoms with van der Waals surface area (Å²) in [5.41, 5.74) is 6.27. The van der Waals surface area contributed by atoms with Crippen molar-refractivity contribution in [3.8, 4) is 5.75 Å². The number of halogens is 1. The number of hydrogen-bond acceptors (Lipinski definition) is 4. The molecule has 0 aliphatic heterocycles. The van der Waals surface area contributed by atoms with Crippen LogP contribution in [0.5, 0.6) is 5.75 Å². The van der Waals surface area contributed by atoms with Crippen LogP contribution >= 0.6 is 23.4 Å². The summed E-state index contributed by atoms with van der Waals surface area (Å²) < 4.78 is 5.19. The Morgan fingerprint density at radius 1 is 1.30 bits per heavy atom. The van der Waals surface area contributed by atoms with Crippen molar-refractivity contribution in [1.29, 1.82) is 0 Å². The molecule has 0 atom stereocenters. The van der Waals surface area contributed by atoms with Gasteiger partial charge in [-0.1, -0.05) is 34.6 Å². The number of methoxy groups -OCH3 is 1. The molecule has 0 fully saturated rings. The van der Waals surface area contributed by atoms with Crippen LogP contribution in [0, 0.1) is 0 Å². The van der Waals surface area contributed by atoms with Gasteiger partial charge in [-0.2, -0.15) is 0 Å². The van der Waals surface area contributed by atoms with Crippen molar-refractivity contribution in [3.05, 3.63) is 53.1 Å². The predicted octanol–water partition coefficient (Wildman–Crippen LogP) is 3.59. The first-order chi connectivity index (χ1) is 9.63. The van der Waals surface area contributed by atoms with Crippen molar-refractivity contribution in [2.75, 3.05) is 7.11 Å². The Kier molecular flexibility index (Phi) is 4.76. The highest BCUT2D eigenvalue weighted by atomic mass is 35.5. The van der Waals surface area contributed by atoms with Crippen LogP contribution in [0.15, 0.2) is 57.4 Å². The van der Waals surface area contributed by atoms with Gasteiger partial charge in [-0.05, 0) is 36.4 Å². The number of hydrogen-bond donors (Lipinski definition) is 2. The Morgan fingerprint density at radius 2 is 2.10 bits per heavy atom. The van der Waals surface area contributed by atoms with Crippen molar-refractivity contribution in [3.63, 3.8) is 0 Å². The number of ether oxygens (including phenoxy) is 1. The van der Waals surface area contributed by atoms with E-state index in [4.69, 9.17) is 27.3 Å². The number of nitrogens with zero attached hydrogens (tertiary/aromatic N) is 1. The Bertz CT molecular complexity index is 647. The molecule has 2 aromatic rings. The van der Waals surface area contributed by atoms with E-state index in [-0.39, 0.29) is 5.84 Å². The fourth-order valence-corrected chi connectivity index (χ4v) is 2.79. The van der Waals surface area contributed by atoms with Crippen molar-refractivity contribution < 1.29 is 9.94 Å². The number of oxime groups is 1. The van der Waals surface area contributed by atoms with Crippen LogP contribution in [-0.2, 0) is 0 Å². The van der Waals surface area contributed by atoms with Crippen LogP contribution in [0.2, 0.25) is 5.02 Å². The molecule has 0 amide bonds. The van der Waals surface area contributed by atoms with Crippen LogP contribution in [0.25, 0.3) is 0 Å². The lowest BCUT2D eigenvalue weighted by Crippen LogP contribution is -2.14. The lowest BCUT2D eigenvalue weighted by atomic mass is 10.2. The lowest BCUT2D eigenvalue weighted by Gasteiger charge is -2.09. The highest BCUT2D eigenvalue weighted by Crippen LogP contribution is 2.33. The zero-order valence-corrected chi connectivity index (χ0v) is 12.3. The van der Waals surface area contributed by atoms with Gasteiger partial charge in [0, 0.05) is 20.4 Å². The summed E-state index contributed by atoms with van der Waals surface area (Å²) in [7, 11) is 1.62. The van der Waals surface area contributed by atoms with Gasteiger partial charge in [0.2, 0.25) is 0 Å². The molecule has 6 heteroatoms. The van der Waals surface area contributed by atoms with Gasteiger partial charge in [-0.3, -0.25) is 0 Å². The van der Waals surface area contributed by atoms with E-state index in [1.54, 1.807) is 19.2 Å². The first-order valence-electron chi connectivity index (χ1n) is 5.73. The van der Waals surface area contributed by atoms with Crippen molar-refractivity contribution in [1.82, 2.24) is 0 Å². The summed E-state index contributed by atoms with van der Waals surface area (Å²) in [5.74, 6) is 0.798. The van der Waals surface area contributed by atoms with E-state index in [1.807, 2.05) is 30.3 Å². The zero-order valence-electron chi connectivity index (χ0n) is 10.7. The van der Waals surface area contributed by atoms with Crippen LogP contribution in [0.4, 0.5) is 0 Å². The minimum absolute atomic E-state index is 0.0258. The molecule has 0 saturated heterocycles. The summed E-state index contributed by atoms with van der Waals surface area (Å²) in [5, 5.41) is 12.4. The summed E-state index contributed by atoms with van der Waals surface area (Å²) in [6.45, 7) is 0. The molecule has 2 rings (SSSR count). The van der Waals surface area contributed by atoms with Crippen molar-refractivity contribution in [2.45, 2.75) is 9.79 Å². The Morgan fingerprint density at radius 3 is 2.80 bits per heavy atom. The molecular formula is C14H13ClN2O2S. The third kappa shape index (κ3) is 3.37. The monoisotopic (exact) mass is 308 g/mol. The molecule has 104 valence electrons. The van der Waals surface area contributed by atoms with E-state index >= 15 is 0 Å². The quantitative estimate of drug-likeness (QED) is 0.392. The third-order valence-electron chi connectivity index (χ3n) is 2.59. The number of amidine groups is 1. The summed E-state index contributed by atoms with van der Waals surface area (Å²) in [6, 6.07) is 12.9. The molecule has 0 heterocycles. The van der Waals surface area contributed by atoms with E-state index in [2.05, 4.69) is 5.16 Å². The van der Waals surface area contributed by atoms with Gasteiger partial charge < -0.3 is 15.7 Å². The smallest absolute Gasteiger partial charge is 0.171 e. The molecule has 3 N–H and O–H groups in total. The summed E-state index contributed by atoms with van der Waals surface area (Å²) in [4.78, 5) is 1.83. The fraction of sp³-hybridized carbons (Fsp3) is 0.0714. The number of benzene rings is 2. The van der Waals surface area contributed by atoms with Crippen LogP contribution < -0.4 is 10.5 Å². The van der Waals surface area contributed by atoms with E-state index in [0.29, 0.717) is 10.6 Å². The fourth-order valence-electron chi connectivity index (χ4n) is 1.64. The Hall–Kier alpha value is -1.85. The maximum Gasteiger partial charge on any atom is 0.171 e. The predicted molar refractivity (Wildman–Crippen MR) is 81.1 cm³/mol. The van der Waals surface area contributed by atoms with Crippen molar-refractivity contribution in [2.24, 2.45) is 10.9 Å². The first-order valence-corrected chi connectivity index (χ1v) is 6.93. The molecular weight excluding hydrogens is 296 g/mol. The minimum atomic E-state index is 0.0258. The molecule has 0 aliphatic rings. The van der Waals surface area contributed by atoms with Gasteiger partial charge in [0.1, 0.15) is 5.75 Å². The summed E-state index contributed by atoms with van der Waals surface area (Å²) in [6.07, 6.45) is 0. The maximum absolute atomic E-state index is 8.84. The molecule has 0 spiro atoms. The Balaban J connectivity index is 2.37. The third-order valence-corrected chi connectivity index (χ3v) is 3.89. The standard InChI is InChI=1S/C14H13ClN2O2S/c1-19-10-3-2-4-11(8-10)20-13-6-5-9(15)7-12(13)14(16)17-18/h2-8,18H,1H3,(H2,16,17). The van der Waals surface area contributed by atoms with E-state index in [0.717, 1.165) is 15.5 Å². The SMILES string of the molecule is COc1cccc(Sc2ccc(Cl)cc2C(N)=NO)c1. The molecule has 0 aliphatic carbocycles. The highest BCUT2D eigenvalue weighted by molar-refractivity contribution is 7.99. The van der Waals surface area contributed by atoms with Crippen LogP contribution in [0.1, 0.15) is 5.56 Å². The molecule has 0 bridgehead atoms. The van der Waals surface area contributed by atoms with Gasteiger partial charge >= 0.3 is 0 Å². The lowest BCUT2D eigenvalue weighted by molar-refractivity contribution is 0.318. The number of nitrogens with two attached hydrogens (primary N) is 1. The van der Waals surface area contributed by atoms with Gasteiger partial charge in [0.05, 0.1) is 7.11 Å². The average molecular weight is 309 g/mol. The van der Waals surface area contributed by atoms with Gasteiger partial charge in [-0.15, -0.1) is 0 Å². The van der Waals surface area contributed by atoms with E-state index < -0.39 is 0 Å². The van der Waals surface area contributed by atoms with Crippen LogP contribution in [0.3, 0.4) is 0 Å². The second-order valence-corrected chi connectivity index (χ2v) is 5.46. The molecule has 0 radical (unpaired) electrons. The molecule has 0 aromatic heterocycles. The maximum atomic E-state index is 8.84. The van der Waals surface area contributed by atoms with E-state index in [1.165, 1.54) is 11.8 Å². The zero-order chi connectivity index (χ0) is 14.5. The molecule has 20 heavy (non-hydrogen) atoms. The second kappa shape index (κ2) is 6.54.